The Kier molecular flexibility index (Phi) is 4.32. The van der Waals surface area contributed by atoms with Crippen molar-refractivity contribution in [2.75, 3.05) is 25.1 Å². The van der Waals surface area contributed by atoms with E-state index in [9.17, 15) is 8.78 Å². The molecule has 1 aromatic carbocycles. The molecule has 0 amide bonds. The number of rotatable bonds is 5. The maximum absolute atomic E-state index is 13.0. The van der Waals surface area contributed by atoms with E-state index in [-0.39, 0.29) is 0 Å². The minimum atomic E-state index is -0.582. The van der Waals surface area contributed by atoms with Gasteiger partial charge < -0.3 is 10.1 Å². The molecule has 0 aliphatic carbocycles. The number of ether oxygens (including phenoxy) is 1. The fourth-order valence-electron chi connectivity index (χ4n) is 1.04. The van der Waals surface area contributed by atoms with E-state index in [2.05, 4.69) is 5.32 Å². The molecule has 0 heterocycles. The Morgan fingerprint density at radius 2 is 2.14 bits per heavy atom. The molecule has 0 aliphatic rings. The second kappa shape index (κ2) is 5.54. The summed E-state index contributed by atoms with van der Waals surface area (Å²) in [5, 5.41) is 2.81. The molecule has 0 atom stereocenters. The van der Waals surface area contributed by atoms with Crippen LogP contribution >= 0.6 is 0 Å². The Hall–Kier alpha value is -1.16. The van der Waals surface area contributed by atoms with Crippen molar-refractivity contribution >= 4 is 5.69 Å². The lowest BCUT2D eigenvalue weighted by Gasteiger charge is -2.07. The number of hydrogen-bond donors (Lipinski definition) is 1. The van der Waals surface area contributed by atoms with Gasteiger partial charge in [0.15, 0.2) is 0 Å². The summed E-state index contributed by atoms with van der Waals surface area (Å²) in [5.74, 6) is -1.15. The van der Waals surface area contributed by atoms with Crippen LogP contribution < -0.4 is 5.32 Å². The number of hydrogen-bond acceptors (Lipinski definition) is 2. The van der Waals surface area contributed by atoms with Crippen molar-refractivity contribution in [3.63, 3.8) is 0 Å². The summed E-state index contributed by atoms with van der Waals surface area (Å²) in [5.41, 5.74) is 0.297. The van der Waals surface area contributed by atoms with Crippen LogP contribution in [0.5, 0.6) is 0 Å². The molecule has 78 valence electrons. The molecule has 1 rings (SSSR count). The molecule has 1 N–H and O–H groups in total. The third kappa shape index (κ3) is 3.30. The summed E-state index contributed by atoms with van der Waals surface area (Å²) in [6, 6.07) is 3.44. The Bertz CT molecular complexity index is 291. The van der Waals surface area contributed by atoms with Gasteiger partial charge in [0.1, 0.15) is 11.6 Å². The first-order valence-electron chi connectivity index (χ1n) is 4.50. The number of nitrogens with one attached hydrogen (secondary N) is 1. The van der Waals surface area contributed by atoms with Crippen molar-refractivity contribution in [2.45, 2.75) is 6.92 Å². The SMILES string of the molecule is CCOCCNc1ccc(F)cc1F. The first-order valence-corrected chi connectivity index (χ1v) is 4.50. The monoisotopic (exact) mass is 201 g/mol. The van der Waals surface area contributed by atoms with E-state index >= 15 is 0 Å². The quantitative estimate of drug-likeness (QED) is 0.738. The number of benzene rings is 1. The van der Waals surface area contributed by atoms with Crippen LogP contribution in [0.2, 0.25) is 0 Å². The van der Waals surface area contributed by atoms with E-state index < -0.39 is 11.6 Å². The summed E-state index contributed by atoms with van der Waals surface area (Å²) < 4.78 is 30.6. The molecule has 0 spiro atoms. The molecule has 0 aliphatic heterocycles. The Morgan fingerprint density at radius 1 is 1.36 bits per heavy atom. The van der Waals surface area contributed by atoms with Gasteiger partial charge in [0.05, 0.1) is 12.3 Å². The fraction of sp³-hybridized carbons (Fsp3) is 0.400. The average molecular weight is 201 g/mol. The van der Waals surface area contributed by atoms with Crippen molar-refractivity contribution in [3.8, 4) is 0 Å². The van der Waals surface area contributed by atoms with Crippen LogP contribution in [0.25, 0.3) is 0 Å². The zero-order valence-electron chi connectivity index (χ0n) is 8.02. The molecule has 0 saturated carbocycles. The topological polar surface area (TPSA) is 21.3 Å². The van der Waals surface area contributed by atoms with Crippen LogP contribution in [0, 0.1) is 11.6 Å². The van der Waals surface area contributed by atoms with Gasteiger partial charge in [-0.05, 0) is 19.1 Å². The predicted octanol–water partition coefficient (Wildman–Crippen LogP) is 2.41. The highest BCUT2D eigenvalue weighted by atomic mass is 19.1. The van der Waals surface area contributed by atoms with E-state index in [4.69, 9.17) is 4.74 Å². The van der Waals surface area contributed by atoms with Gasteiger partial charge >= 0.3 is 0 Å². The van der Waals surface area contributed by atoms with E-state index in [1.165, 1.54) is 12.1 Å². The van der Waals surface area contributed by atoms with Crippen molar-refractivity contribution < 1.29 is 13.5 Å². The summed E-state index contributed by atoms with van der Waals surface area (Å²) in [6.45, 7) is 3.54. The van der Waals surface area contributed by atoms with Gasteiger partial charge in [0, 0.05) is 19.2 Å². The van der Waals surface area contributed by atoms with Crippen LogP contribution in [-0.4, -0.2) is 19.8 Å². The number of anilines is 1. The molecule has 2 nitrogen and oxygen atoms in total. The fourth-order valence-corrected chi connectivity index (χ4v) is 1.04. The Balaban J connectivity index is 2.42. The molecule has 0 radical (unpaired) electrons. The van der Waals surface area contributed by atoms with Gasteiger partial charge in [0.2, 0.25) is 0 Å². The van der Waals surface area contributed by atoms with Crippen molar-refractivity contribution in [3.05, 3.63) is 29.8 Å². The van der Waals surface area contributed by atoms with E-state index in [1.54, 1.807) is 0 Å². The molecular weight excluding hydrogens is 188 g/mol. The van der Waals surface area contributed by atoms with Gasteiger partial charge in [-0.25, -0.2) is 8.78 Å². The average Bonchev–Trinajstić information content (AvgIpc) is 2.15. The Morgan fingerprint density at radius 3 is 2.79 bits per heavy atom. The minimum absolute atomic E-state index is 0.297. The summed E-state index contributed by atoms with van der Waals surface area (Å²) in [6.07, 6.45) is 0. The van der Waals surface area contributed by atoms with Crippen LogP contribution in [-0.2, 0) is 4.74 Å². The smallest absolute Gasteiger partial charge is 0.149 e. The highest BCUT2D eigenvalue weighted by Crippen LogP contribution is 2.14. The second-order valence-electron chi connectivity index (χ2n) is 2.75. The van der Waals surface area contributed by atoms with Gasteiger partial charge in [-0.15, -0.1) is 0 Å². The zero-order chi connectivity index (χ0) is 10.4. The van der Waals surface area contributed by atoms with E-state index in [1.807, 2.05) is 6.92 Å². The summed E-state index contributed by atoms with van der Waals surface area (Å²) in [4.78, 5) is 0. The highest BCUT2D eigenvalue weighted by molar-refractivity contribution is 5.44. The molecule has 0 saturated heterocycles. The zero-order valence-corrected chi connectivity index (χ0v) is 8.02. The molecule has 4 heteroatoms. The van der Waals surface area contributed by atoms with Gasteiger partial charge in [-0.2, -0.15) is 0 Å². The maximum atomic E-state index is 13.0. The van der Waals surface area contributed by atoms with Crippen LogP contribution in [0.3, 0.4) is 0 Å². The standard InChI is InChI=1S/C10H13F2NO/c1-2-14-6-5-13-10-4-3-8(11)7-9(10)12/h3-4,7,13H,2,5-6H2,1H3. The molecule has 0 aromatic heterocycles. The lowest BCUT2D eigenvalue weighted by Crippen LogP contribution is -2.10. The van der Waals surface area contributed by atoms with Crippen LogP contribution in [0.15, 0.2) is 18.2 Å². The Labute approximate surface area is 81.9 Å². The van der Waals surface area contributed by atoms with Crippen LogP contribution in [0.1, 0.15) is 6.92 Å². The summed E-state index contributed by atoms with van der Waals surface area (Å²) >= 11 is 0. The third-order valence-corrected chi connectivity index (χ3v) is 1.70. The van der Waals surface area contributed by atoms with Crippen LogP contribution in [0.4, 0.5) is 14.5 Å². The normalized spacial score (nSPS) is 10.2. The number of halogens is 2. The minimum Gasteiger partial charge on any atom is -0.380 e. The van der Waals surface area contributed by atoms with Gasteiger partial charge in [-0.1, -0.05) is 0 Å². The molecule has 0 fully saturated rings. The van der Waals surface area contributed by atoms with Gasteiger partial charge in [0.25, 0.3) is 0 Å². The van der Waals surface area contributed by atoms with E-state index in [0.29, 0.717) is 25.4 Å². The van der Waals surface area contributed by atoms with Crippen molar-refractivity contribution in [2.24, 2.45) is 0 Å². The molecule has 0 bridgehead atoms. The predicted molar refractivity (Wildman–Crippen MR) is 51.3 cm³/mol. The van der Waals surface area contributed by atoms with Gasteiger partial charge in [-0.3, -0.25) is 0 Å². The molecule has 0 unspecified atom stereocenters. The molecular formula is C10H13F2NO. The third-order valence-electron chi connectivity index (χ3n) is 1.70. The first-order chi connectivity index (χ1) is 6.74. The first kappa shape index (κ1) is 10.9. The summed E-state index contributed by atoms with van der Waals surface area (Å²) in [7, 11) is 0. The lowest BCUT2D eigenvalue weighted by atomic mass is 10.3. The maximum Gasteiger partial charge on any atom is 0.149 e. The van der Waals surface area contributed by atoms with E-state index in [0.717, 1.165) is 6.07 Å². The lowest BCUT2D eigenvalue weighted by molar-refractivity contribution is 0.158. The van der Waals surface area contributed by atoms with Crippen molar-refractivity contribution in [1.29, 1.82) is 0 Å². The second-order valence-corrected chi connectivity index (χ2v) is 2.75. The molecule has 14 heavy (non-hydrogen) atoms. The largest absolute Gasteiger partial charge is 0.380 e. The van der Waals surface area contributed by atoms with Crippen molar-refractivity contribution in [1.82, 2.24) is 0 Å². The highest BCUT2D eigenvalue weighted by Gasteiger charge is 2.01. The molecule has 1 aromatic rings.